The highest BCUT2D eigenvalue weighted by atomic mass is 16.1. The lowest BCUT2D eigenvalue weighted by atomic mass is 9.86. The van der Waals surface area contributed by atoms with E-state index in [1.807, 2.05) is 0 Å². The van der Waals surface area contributed by atoms with Crippen molar-refractivity contribution in [3.8, 4) is 0 Å². The van der Waals surface area contributed by atoms with Gasteiger partial charge in [-0.3, -0.25) is 4.79 Å². The maximum absolute atomic E-state index is 11.6. The summed E-state index contributed by atoms with van der Waals surface area (Å²) in [5.74, 6) is 0.190. The minimum absolute atomic E-state index is 0.132. The highest BCUT2D eigenvalue weighted by Gasteiger charge is 2.20. The lowest BCUT2D eigenvalue weighted by Crippen LogP contribution is -2.38. The van der Waals surface area contributed by atoms with Crippen LogP contribution in [-0.4, -0.2) is 25.0 Å². The van der Waals surface area contributed by atoms with E-state index in [1.165, 1.54) is 12.8 Å². The molecule has 1 heterocycles. The number of carbonyl (C=O) groups excluding carboxylic acids is 1. The average molecular weight is 212 g/mol. The standard InChI is InChI=1S/C12H24N2O/c1-4-12(2,3)8-11(15)14-9-10-6-5-7-13-10/h10,13H,4-9H2,1-3H3,(H,14,15). The van der Waals surface area contributed by atoms with Crippen molar-refractivity contribution in [2.75, 3.05) is 13.1 Å². The number of rotatable bonds is 5. The van der Waals surface area contributed by atoms with E-state index in [0.29, 0.717) is 12.5 Å². The van der Waals surface area contributed by atoms with Gasteiger partial charge in [-0.15, -0.1) is 0 Å². The molecule has 1 aliphatic rings. The van der Waals surface area contributed by atoms with Crippen LogP contribution in [0.4, 0.5) is 0 Å². The number of amides is 1. The van der Waals surface area contributed by atoms with E-state index in [4.69, 9.17) is 0 Å². The Bertz CT molecular complexity index is 208. The van der Waals surface area contributed by atoms with Crippen molar-refractivity contribution >= 4 is 5.91 Å². The molecule has 0 aliphatic carbocycles. The molecule has 0 aromatic carbocycles. The van der Waals surface area contributed by atoms with Crippen LogP contribution < -0.4 is 10.6 Å². The quantitative estimate of drug-likeness (QED) is 0.728. The highest BCUT2D eigenvalue weighted by Crippen LogP contribution is 2.23. The highest BCUT2D eigenvalue weighted by molar-refractivity contribution is 5.76. The maximum Gasteiger partial charge on any atom is 0.220 e. The van der Waals surface area contributed by atoms with Crippen molar-refractivity contribution in [2.24, 2.45) is 5.41 Å². The largest absolute Gasteiger partial charge is 0.355 e. The Morgan fingerprint density at radius 3 is 2.80 bits per heavy atom. The van der Waals surface area contributed by atoms with Gasteiger partial charge in [-0.2, -0.15) is 0 Å². The van der Waals surface area contributed by atoms with Gasteiger partial charge in [0.05, 0.1) is 0 Å². The smallest absolute Gasteiger partial charge is 0.220 e. The Morgan fingerprint density at radius 2 is 2.27 bits per heavy atom. The van der Waals surface area contributed by atoms with Gasteiger partial charge in [0.25, 0.3) is 0 Å². The molecule has 3 nitrogen and oxygen atoms in total. The maximum atomic E-state index is 11.6. The van der Waals surface area contributed by atoms with Crippen LogP contribution in [0, 0.1) is 5.41 Å². The molecular formula is C12H24N2O. The van der Waals surface area contributed by atoms with Crippen LogP contribution in [0.2, 0.25) is 0 Å². The zero-order chi connectivity index (χ0) is 11.3. The third kappa shape index (κ3) is 4.65. The second-order valence-electron chi connectivity index (χ2n) is 5.29. The summed E-state index contributed by atoms with van der Waals surface area (Å²) in [6, 6.07) is 0.499. The summed E-state index contributed by atoms with van der Waals surface area (Å²) in [5.41, 5.74) is 0.132. The van der Waals surface area contributed by atoms with E-state index in [0.717, 1.165) is 19.5 Å². The summed E-state index contributed by atoms with van der Waals surface area (Å²) in [6.45, 7) is 8.30. The molecule has 0 radical (unpaired) electrons. The van der Waals surface area contributed by atoms with Crippen LogP contribution in [0.3, 0.4) is 0 Å². The first-order valence-corrected chi connectivity index (χ1v) is 6.03. The molecule has 0 aromatic heterocycles. The number of hydrogen-bond donors (Lipinski definition) is 2. The van der Waals surface area contributed by atoms with Crippen LogP contribution in [-0.2, 0) is 4.79 Å². The summed E-state index contributed by atoms with van der Waals surface area (Å²) in [4.78, 5) is 11.6. The molecule has 0 spiro atoms. The van der Waals surface area contributed by atoms with Gasteiger partial charge in [0.2, 0.25) is 5.91 Å². The fourth-order valence-corrected chi connectivity index (χ4v) is 1.79. The van der Waals surface area contributed by atoms with E-state index < -0.39 is 0 Å². The monoisotopic (exact) mass is 212 g/mol. The molecule has 1 saturated heterocycles. The second-order valence-corrected chi connectivity index (χ2v) is 5.29. The zero-order valence-electron chi connectivity index (χ0n) is 10.2. The predicted octanol–water partition coefficient (Wildman–Crippen LogP) is 1.68. The first-order valence-electron chi connectivity index (χ1n) is 6.03. The van der Waals surface area contributed by atoms with E-state index >= 15 is 0 Å². The number of carbonyl (C=O) groups is 1. The first-order chi connectivity index (χ1) is 7.03. The summed E-state index contributed by atoms with van der Waals surface area (Å²) < 4.78 is 0. The van der Waals surface area contributed by atoms with Crippen LogP contribution in [0.1, 0.15) is 46.5 Å². The normalized spacial score (nSPS) is 21.7. The van der Waals surface area contributed by atoms with Crippen molar-refractivity contribution in [3.63, 3.8) is 0 Å². The van der Waals surface area contributed by atoms with Crippen LogP contribution >= 0.6 is 0 Å². The van der Waals surface area contributed by atoms with Crippen LogP contribution in [0.15, 0.2) is 0 Å². The Hall–Kier alpha value is -0.570. The molecule has 1 atom stereocenters. The summed E-state index contributed by atoms with van der Waals surface area (Å²) >= 11 is 0. The van der Waals surface area contributed by atoms with E-state index in [1.54, 1.807) is 0 Å². The fourth-order valence-electron chi connectivity index (χ4n) is 1.79. The molecule has 88 valence electrons. The van der Waals surface area contributed by atoms with Gasteiger partial charge in [0.1, 0.15) is 0 Å². The molecule has 1 amide bonds. The molecule has 0 bridgehead atoms. The zero-order valence-corrected chi connectivity index (χ0v) is 10.2. The van der Waals surface area contributed by atoms with Crippen molar-refractivity contribution in [1.29, 1.82) is 0 Å². The predicted molar refractivity (Wildman–Crippen MR) is 62.7 cm³/mol. The van der Waals surface area contributed by atoms with Crippen molar-refractivity contribution in [2.45, 2.75) is 52.5 Å². The van der Waals surface area contributed by atoms with E-state index in [-0.39, 0.29) is 11.3 Å². The molecule has 1 aliphatic heterocycles. The van der Waals surface area contributed by atoms with Gasteiger partial charge >= 0.3 is 0 Å². The third-order valence-corrected chi connectivity index (χ3v) is 3.30. The third-order valence-electron chi connectivity index (χ3n) is 3.30. The minimum Gasteiger partial charge on any atom is -0.355 e. The Labute approximate surface area is 93.0 Å². The summed E-state index contributed by atoms with van der Waals surface area (Å²) in [6.07, 6.45) is 4.11. The van der Waals surface area contributed by atoms with Crippen LogP contribution in [0.5, 0.6) is 0 Å². The molecule has 3 heteroatoms. The molecule has 2 N–H and O–H groups in total. The van der Waals surface area contributed by atoms with Gasteiger partial charge in [0.15, 0.2) is 0 Å². The minimum atomic E-state index is 0.132. The molecule has 15 heavy (non-hydrogen) atoms. The Balaban J connectivity index is 2.18. The lowest BCUT2D eigenvalue weighted by molar-refractivity contribution is -0.123. The SMILES string of the molecule is CCC(C)(C)CC(=O)NCC1CCCN1. The van der Waals surface area contributed by atoms with Gasteiger partial charge in [-0.05, 0) is 24.8 Å². The first kappa shape index (κ1) is 12.5. The molecule has 1 fully saturated rings. The molecule has 1 unspecified atom stereocenters. The van der Waals surface area contributed by atoms with Crippen molar-refractivity contribution < 1.29 is 4.79 Å². The summed E-state index contributed by atoms with van der Waals surface area (Å²) in [7, 11) is 0. The molecule has 0 saturated carbocycles. The average Bonchev–Trinajstić information content (AvgIpc) is 2.66. The topological polar surface area (TPSA) is 41.1 Å². The Kier molecular flexibility index (Phi) is 4.58. The Morgan fingerprint density at radius 1 is 1.53 bits per heavy atom. The fraction of sp³-hybridized carbons (Fsp3) is 0.917. The number of hydrogen-bond acceptors (Lipinski definition) is 2. The van der Waals surface area contributed by atoms with Crippen LogP contribution in [0.25, 0.3) is 0 Å². The summed E-state index contributed by atoms with van der Waals surface area (Å²) in [5, 5.41) is 6.39. The molecule has 0 aromatic rings. The lowest BCUT2D eigenvalue weighted by Gasteiger charge is -2.22. The van der Waals surface area contributed by atoms with E-state index in [9.17, 15) is 4.79 Å². The van der Waals surface area contributed by atoms with Gasteiger partial charge in [0, 0.05) is 19.0 Å². The van der Waals surface area contributed by atoms with Gasteiger partial charge in [-0.25, -0.2) is 0 Å². The van der Waals surface area contributed by atoms with Gasteiger partial charge in [-0.1, -0.05) is 27.2 Å². The van der Waals surface area contributed by atoms with Crippen molar-refractivity contribution in [1.82, 2.24) is 10.6 Å². The number of nitrogens with one attached hydrogen (secondary N) is 2. The van der Waals surface area contributed by atoms with Crippen molar-refractivity contribution in [3.05, 3.63) is 0 Å². The molecule has 1 rings (SSSR count). The molecular weight excluding hydrogens is 188 g/mol. The second kappa shape index (κ2) is 5.50. The van der Waals surface area contributed by atoms with Gasteiger partial charge < -0.3 is 10.6 Å². The van der Waals surface area contributed by atoms with E-state index in [2.05, 4.69) is 31.4 Å².